The Morgan fingerprint density at radius 3 is 2.75 bits per heavy atom. The van der Waals surface area contributed by atoms with E-state index in [-0.39, 0.29) is 6.10 Å². The van der Waals surface area contributed by atoms with Crippen LogP contribution in [0.3, 0.4) is 0 Å². The molecule has 24 heavy (non-hydrogen) atoms. The Balaban J connectivity index is 1.83. The van der Waals surface area contributed by atoms with E-state index >= 15 is 0 Å². The van der Waals surface area contributed by atoms with Crippen LogP contribution in [-0.2, 0) is 11.3 Å². The van der Waals surface area contributed by atoms with Gasteiger partial charge < -0.3 is 14.0 Å². The minimum absolute atomic E-state index is 0.332. The lowest BCUT2D eigenvalue weighted by atomic mass is 10.2. The quantitative estimate of drug-likeness (QED) is 0.650. The van der Waals surface area contributed by atoms with Crippen LogP contribution >= 0.6 is 11.6 Å². The van der Waals surface area contributed by atoms with Crippen LogP contribution in [0.25, 0.3) is 5.65 Å². The topological polar surface area (TPSA) is 107 Å². The van der Waals surface area contributed by atoms with E-state index in [1.165, 1.54) is 0 Å². The van der Waals surface area contributed by atoms with Crippen molar-refractivity contribution in [2.24, 2.45) is 0 Å². The summed E-state index contributed by atoms with van der Waals surface area (Å²) in [7, 11) is 0. The van der Waals surface area contributed by atoms with Gasteiger partial charge in [0.15, 0.2) is 17.6 Å². The number of nitrogens with one attached hydrogen (secondary N) is 2. The van der Waals surface area contributed by atoms with E-state index in [0.29, 0.717) is 34.4 Å². The van der Waals surface area contributed by atoms with Gasteiger partial charge in [-0.1, -0.05) is 18.5 Å². The van der Waals surface area contributed by atoms with Gasteiger partial charge in [-0.05, 0) is 37.6 Å². The summed E-state index contributed by atoms with van der Waals surface area (Å²) < 4.78 is 31.2. The summed E-state index contributed by atoms with van der Waals surface area (Å²) in [4.78, 5) is 0. The molecule has 0 aliphatic rings. The number of aryl methyl sites for hydroxylation is 1. The predicted molar refractivity (Wildman–Crippen MR) is 89.7 cm³/mol. The smallest absolute Gasteiger partial charge is 0.196 e. The molecular weight excluding hydrogens is 354 g/mol. The van der Waals surface area contributed by atoms with Crippen molar-refractivity contribution < 1.29 is 13.5 Å². The Hall–Kier alpha value is -2.10. The van der Waals surface area contributed by atoms with Crippen molar-refractivity contribution in [3.8, 4) is 5.75 Å². The molecule has 2 heterocycles. The number of halogens is 1. The van der Waals surface area contributed by atoms with Crippen LogP contribution in [0.15, 0.2) is 24.3 Å². The number of aromatic amines is 1. The number of H-pyrrole nitrogens is 1. The zero-order valence-corrected chi connectivity index (χ0v) is 14.5. The van der Waals surface area contributed by atoms with Gasteiger partial charge in [0.2, 0.25) is 0 Å². The van der Waals surface area contributed by atoms with Gasteiger partial charge in [-0.15, -0.1) is 10.2 Å². The Morgan fingerprint density at radius 1 is 1.42 bits per heavy atom. The summed E-state index contributed by atoms with van der Waals surface area (Å²) in [6.07, 6.45) is 0.336. The molecule has 0 amide bonds. The largest absolute Gasteiger partial charge is 0.755 e. The third-order valence-electron chi connectivity index (χ3n) is 3.49. The van der Waals surface area contributed by atoms with Gasteiger partial charge in [0.1, 0.15) is 10.8 Å². The van der Waals surface area contributed by atoms with E-state index in [1.54, 1.807) is 28.8 Å². The molecule has 0 bridgehead atoms. The molecule has 0 aliphatic carbocycles. The molecule has 8 nitrogen and oxygen atoms in total. The van der Waals surface area contributed by atoms with E-state index in [0.717, 1.165) is 5.69 Å². The average Bonchev–Trinajstić information content (AvgIpc) is 3.07. The molecule has 0 spiro atoms. The lowest BCUT2D eigenvalue weighted by molar-refractivity contribution is 0.188. The summed E-state index contributed by atoms with van der Waals surface area (Å²) >= 11 is 3.81. The summed E-state index contributed by atoms with van der Waals surface area (Å²) in [5.41, 5.74) is 1.82. The second-order valence-electron chi connectivity index (χ2n) is 5.14. The molecule has 0 saturated heterocycles. The Labute approximate surface area is 145 Å². The third-order valence-corrected chi connectivity index (χ3v) is 4.34. The summed E-state index contributed by atoms with van der Waals surface area (Å²) in [6.45, 7) is 3.83. The molecule has 128 valence electrons. The third kappa shape index (κ3) is 3.23. The van der Waals surface area contributed by atoms with Crippen molar-refractivity contribution in [2.75, 3.05) is 4.72 Å². The van der Waals surface area contributed by atoms with E-state index in [2.05, 4.69) is 20.0 Å². The van der Waals surface area contributed by atoms with Crippen LogP contribution in [0.2, 0.25) is 5.02 Å². The van der Waals surface area contributed by atoms with E-state index in [1.807, 2.05) is 13.8 Å². The molecule has 2 unspecified atom stereocenters. The van der Waals surface area contributed by atoms with Gasteiger partial charge >= 0.3 is 0 Å². The second-order valence-corrected chi connectivity index (χ2v) is 6.20. The van der Waals surface area contributed by atoms with Crippen molar-refractivity contribution in [3.63, 3.8) is 0 Å². The predicted octanol–water partition coefficient (Wildman–Crippen LogP) is 2.76. The summed E-state index contributed by atoms with van der Waals surface area (Å²) in [6, 6.07) is 6.60. The van der Waals surface area contributed by atoms with Crippen molar-refractivity contribution in [1.82, 2.24) is 19.8 Å². The first-order chi connectivity index (χ1) is 11.5. The Kier molecular flexibility index (Phi) is 4.74. The molecule has 0 radical (unpaired) electrons. The number of fused-ring (bicyclic) bond motifs is 1. The highest BCUT2D eigenvalue weighted by Gasteiger charge is 2.21. The first-order valence-electron chi connectivity index (χ1n) is 7.21. The highest BCUT2D eigenvalue weighted by atomic mass is 35.5. The van der Waals surface area contributed by atoms with Crippen molar-refractivity contribution >= 4 is 34.2 Å². The van der Waals surface area contributed by atoms with Crippen LogP contribution in [0.4, 0.5) is 5.69 Å². The van der Waals surface area contributed by atoms with Crippen LogP contribution in [0, 0.1) is 6.92 Å². The van der Waals surface area contributed by atoms with Gasteiger partial charge in [0.25, 0.3) is 0 Å². The number of rotatable bonds is 6. The maximum Gasteiger partial charge on any atom is 0.196 e. The number of hydrogen-bond acceptors (Lipinski definition) is 5. The molecular formula is C14H15ClN5O3S-. The molecule has 3 aromatic rings. The molecule has 3 rings (SSSR count). The summed E-state index contributed by atoms with van der Waals surface area (Å²) in [5, 5.41) is 11.9. The second kappa shape index (κ2) is 6.80. The zero-order chi connectivity index (χ0) is 17.3. The Bertz CT molecular complexity index is 877. The fourth-order valence-electron chi connectivity index (χ4n) is 2.32. The average molecular weight is 369 g/mol. The molecule has 0 saturated carbocycles. The number of nitrogens with zero attached hydrogens (tertiary/aromatic N) is 3. The molecule has 10 heteroatoms. The first-order valence-corrected chi connectivity index (χ1v) is 8.66. The normalized spacial score (nSPS) is 13.8. The molecule has 0 aliphatic heterocycles. The van der Waals surface area contributed by atoms with E-state index in [9.17, 15) is 8.76 Å². The van der Waals surface area contributed by atoms with Gasteiger partial charge in [-0.3, -0.25) is 9.31 Å². The minimum atomic E-state index is -2.35. The van der Waals surface area contributed by atoms with Crippen LogP contribution in [0.1, 0.15) is 31.0 Å². The molecule has 2 atom stereocenters. The number of anilines is 1. The van der Waals surface area contributed by atoms with Crippen LogP contribution in [0.5, 0.6) is 5.75 Å². The van der Waals surface area contributed by atoms with Crippen molar-refractivity contribution in [1.29, 1.82) is 0 Å². The highest BCUT2D eigenvalue weighted by Crippen LogP contribution is 2.27. The van der Waals surface area contributed by atoms with E-state index in [4.69, 9.17) is 16.3 Å². The SMILES string of the molecule is CCC(Oc1ccc(NS(=O)[O-])cc1)c1nnc2c(Cl)c(C)[nH]n12. The minimum Gasteiger partial charge on any atom is -0.755 e. The van der Waals surface area contributed by atoms with Gasteiger partial charge in [-0.2, -0.15) is 0 Å². The van der Waals surface area contributed by atoms with Gasteiger partial charge in [0.05, 0.1) is 5.69 Å². The number of aromatic nitrogens is 4. The monoisotopic (exact) mass is 368 g/mol. The lowest BCUT2D eigenvalue weighted by Crippen LogP contribution is -2.11. The van der Waals surface area contributed by atoms with Crippen LogP contribution in [-0.4, -0.2) is 28.6 Å². The fourth-order valence-corrected chi connectivity index (χ4v) is 2.82. The van der Waals surface area contributed by atoms with E-state index < -0.39 is 11.3 Å². The summed E-state index contributed by atoms with van der Waals surface area (Å²) in [5.74, 6) is 1.21. The lowest BCUT2D eigenvalue weighted by Gasteiger charge is -2.16. The van der Waals surface area contributed by atoms with Crippen molar-refractivity contribution in [3.05, 3.63) is 40.8 Å². The van der Waals surface area contributed by atoms with Gasteiger partial charge in [0, 0.05) is 17.0 Å². The first kappa shape index (κ1) is 16.7. The number of hydrogen-bond donors (Lipinski definition) is 2. The standard InChI is InChI=1S/C14H16ClN5O3S/c1-3-11(13-16-17-14-12(15)8(2)18-20(13)14)23-10-6-4-9(5-7-10)19-24(21)22/h4-7,11,18-19H,3H2,1-2H3,(H,21,22)/p-1. The number of benzene rings is 1. The zero-order valence-electron chi connectivity index (χ0n) is 12.9. The molecule has 1 aromatic carbocycles. The van der Waals surface area contributed by atoms with Crippen LogP contribution < -0.4 is 9.46 Å². The molecule has 2 aromatic heterocycles. The fraction of sp³-hybridized carbons (Fsp3) is 0.286. The van der Waals surface area contributed by atoms with Gasteiger partial charge in [-0.25, -0.2) is 4.52 Å². The maximum atomic E-state index is 10.6. The highest BCUT2D eigenvalue weighted by molar-refractivity contribution is 7.80. The maximum absolute atomic E-state index is 10.6. The number of ether oxygens (including phenoxy) is 1. The van der Waals surface area contributed by atoms with Crippen molar-refractivity contribution in [2.45, 2.75) is 26.4 Å². The Morgan fingerprint density at radius 2 is 2.12 bits per heavy atom. The molecule has 2 N–H and O–H groups in total. The molecule has 0 fully saturated rings.